The Kier molecular flexibility index (Phi) is 5.73. The summed E-state index contributed by atoms with van der Waals surface area (Å²) in [7, 11) is 0. The summed E-state index contributed by atoms with van der Waals surface area (Å²) in [6, 6.07) is 7.26. The van der Waals surface area contributed by atoms with Crippen molar-refractivity contribution in [3.8, 4) is 23.8 Å². The summed E-state index contributed by atoms with van der Waals surface area (Å²) in [6.07, 6.45) is 6.66. The summed E-state index contributed by atoms with van der Waals surface area (Å²) >= 11 is 7.29. The van der Waals surface area contributed by atoms with Crippen LogP contribution in [0.15, 0.2) is 34.9 Å². The summed E-state index contributed by atoms with van der Waals surface area (Å²) in [4.78, 5) is 15.7. The highest BCUT2D eigenvalue weighted by Gasteiger charge is 2.08. The maximum atomic E-state index is 11.4. The van der Waals surface area contributed by atoms with Crippen LogP contribution in [0.5, 0.6) is 0 Å². The fraction of sp³-hybridized carbons (Fsp3) is 0.200. The molecule has 0 radical (unpaired) electrons. The van der Waals surface area contributed by atoms with E-state index in [0.717, 1.165) is 11.3 Å². The van der Waals surface area contributed by atoms with Gasteiger partial charge >= 0.3 is 0 Å². The predicted molar refractivity (Wildman–Crippen MR) is 85.0 cm³/mol. The number of nitrogens with one attached hydrogen (secondary N) is 1. The van der Waals surface area contributed by atoms with Gasteiger partial charge in [0.2, 0.25) is 11.8 Å². The lowest BCUT2D eigenvalue weighted by Gasteiger charge is -1.99. The molecule has 0 aliphatic rings. The van der Waals surface area contributed by atoms with Crippen LogP contribution >= 0.6 is 23.4 Å². The van der Waals surface area contributed by atoms with E-state index in [9.17, 15) is 4.79 Å². The second-order valence-corrected chi connectivity index (χ2v) is 5.55. The minimum absolute atomic E-state index is 0.0839. The van der Waals surface area contributed by atoms with Crippen molar-refractivity contribution in [3.63, 3.8) is 0 Å². The highest BCUT2D eigenvalue weighted by molar-refractivity contribution is 7.99. The number of amides is 1. The van der Waals surface area contributed by atoms with Crippen LogP contribution in [0.4, 0.5) is 0 Å². The average molecular weight is 321 g/mol. The van der Waals surface area contributed by atoms with Gasteiger partial charge in [0.15, 0.2) is 0 Å². The number of benzene rings is 1. The van der Waals surface area contributed by atoms with Crippen LogP contribution < -0.4 is 5.32 Å². The van der Waals surface area contributed by atoms with Crippen molar-refractivity contribution in [2.45, 2.75) is 5.75 Å². The molecule has 0 atom stereocenters. The van der Waals surface area contributed by atoms with Crippen molar-refractivity contribution in [1.29, 1.82) is 0 Å². The van der Waals surface area contributed by atoms with Crippen molar-refractivity contribution in [3.05, 3.63) is 41.2 Å². The molecule has 4 nitrogen and oxygen atoms in total. The number of oxazole rings is 1. The molecule has 108 valence electrons. The molecule has 0 unspecified atom stereocenters. The van der Waals surface area contributed by atoms with E-state index in [0.29, 0.717) is 22.4 Å². The molecule has 1 heterocycles. The quantitative estimate of drug-likeness (QED) is 0.831. The molecule has 0 saturated heterocycles. The SMILES string of the molecule is C#CCNC(=O)CSCc1coc(-c2ccc(Cl)cc2)n1. The molecule has 1 N–H and O–H groups in total. The third-order valence-electron chi connectivity index (χ3n) is 2.51. The van der Waals surface area contributed by atoms with Crippen molar-refractivity contribution < 1.29 is 9.21 Å². The lowest BCUT2D eigenvalue weighted by Crippen LogP contribution is -2.25. The van der Waals surface area contributed by atoms with Crippen molar-refractivity contribution >= 4 is 29.3 Å². The summed E-state index contributed by atoms with van der Waals surface area (Å²) in [5, 5.41) is 3.27. The zero-order valence-corrected chi connectivity index (χ0v) is 12.7. The Balaban J connectivity index is 1.85. The van der Waals surface area contributed by atoms with Gasteiger partial charge in [-0.3, -0.25) is 4.79 Å². The smallest absolute Gasteiger partial charge is 0.230 e. The van der Waals surface area contributed by atoms with E-state index in [1.165, 1.54) is 11.8 Å². The second-order valence-electron chi connectivity index (χ2n) is 4.12. The van der Waals surface area contributed by atoms with E-state index in [1.54, 1.807) is 18.4 Å². The minimum atomic E-state index is -0.0839. The molecule has 2 aromatic rings. The highest BCUT2D eigenvalue weighted by atomic mass is 35.5. The molecule has 0 aliphatic heterocycles. The Labute approximate surface area is 132 Å². The molecular formula is C15H13ClN2O2S. The lowest BCUT2D eigenvalue weighted by molar-refractivity contribution is -0.118. The third kappa shape index (κ3) is 4.85. The number of rotatable bonds is 6. The van der Waals surface area contributed by atoms with Crippen LogP contribution in [-0.4, -0.2) is 23.2 Å². The van der Waals surface area contributed by atoms with Gasteiger partial charge in [-0.15, -0.1) is 18.2 Å². The maximum absolute atomic E-state index is 11.4. The molecule has 1 amide bonds. The molecule has 0 aliphatic carbocycles. The fourth-order valence-electron chi connectivity index (χ4n) is 1.55. The molecule has 21 heavy (non-hydrogen) atoms. The van der Waals surface area contributed by atoms with Crippen LogP contribution in [0.2, 0.25) is 5.02 Å². The van der Waals surface area contributed by atoms with Gasteiger partial charge in [0, 0.05) is 16.3 Å². The maximum Gasteiger partial charge on any atom is 0.230 e. The summed E-state index contributed by atoms with van der Waals surface area (Å²) in [6.45, 7) is 0.254. The number of terminal acetylenes is 1. The van der Waals surface area contributed by atoms with Crippen LogP contribution in [-0.2, 0) is 10.5 Å². The van der Waals surface area contributed by atoms with Gasteiger partial charge in [0.05, 0.1) is 18.0 Å². The Morgan fingerprint density at radius 1 is 1.43 bits per heavy atom. The summed E-state index contributed by atoms with van der Waals surface area (Å²) in [5.74, 6) is 3.75. The van der Waals surface area contributed by atoms with Crippen molar-refractivity contribution in [2.75, 3.05) is 12.3 Å². The number of nitrogens with zero attached hydrogens (tertiary/aromatic N) is 1. The molecule has 6 heteroatoms. The second kappa shape index (κ2) is 7.77. The first-order chi connectivity index (χ1) is 10.2. The Morgan fingerprint density at radius 2 is 2.19 bits per heavy atom. The van der Waals surface area contributed by atoms with E-state index >= 15 is 0 Å². The number of thioether (sulfide) groups is 1. The highest BCUT2D eigenvalue weighted by Crippen LogP contribution is 2.22. The van der Waals surface area contributed by atoms with E-state index in [2.05, 4.69) is 16.2 Å². The number of halogens is 1. The Hall–Kier alpha value is -1.90. The number of hydrogen-bond donors (Lipinski definition) is 1. The van der Waals surface area contributed by atoms with Gasteiger partial charge in [-0.2, -0.15) is 0 Å². The zero-order valence-electron chi connectivity index (χ0n) is 11.1. The van der Waals surface area contributed by atoms with Crippen LogP contribution in [0.25, 0.3) is 11.5 Å². The largest absolute Gasteiger partial charge is 0.444 e. The molecule has 0 fully saturated rings. The molecule has 0 saturated carbocycles. The third-order valence-corrected chi connectivity index (χ3v) is 3.73. The number of aromatic nitrogens is 1. The van der Waals surface area contributed by atoms with E-state index in [4.69, 9.17) is 22.4 Å². The van der Waals surface area contributed by atoms with Crippen LogP contribution in [0.1, 0.15) is 5.69 Å². The standard InChI is InChI=1S/C15H13ClN2O2S/c1-2-7-17-14(19)10-21-9-13-8-20-15(18-13)11-3-5-12(16)6-4-11/h1,3-6,8H,7,9-10H2,(H,17,19). The van der Waals surface area contributed by atoms with Crippen LogP contribution in [0.3, 0.4) is 0 Å². The topological polar surface area (TPSA) is 55.1 Å². The summed E-state index contributed by atoms with van der Waals surface area (Å²) in [5.41, 5.74) is 1.65. The molecule has 0 bridgehead atoms. The van der Waals surface area contributed by atoms with E-state index < -0.39 is 0 Å². The number of carbonyl (C=O) groups excluding carboxylic acids is 1. The minimum Gasteiger partial charge on any atom is -0.444 e. The van der Waals surface area contributed by atoms with E-state index in [1.807, 2.05) is 12.1 Å². The number of hydrogen-bond acceptors (Lipinski definition) is 4. The molecular weight excluding hydrogens is 308 g/mol. The van der Waals surface area contributed by atoms with Gasteiger partial charge in [-0.05, 0) is 24.3 Å². The first-order valence-electron chi connectivity index (χ1n) is 6.17. The Bertz CT molecular complexity index is 646. The predicted octanol–water partition coefficient (Wildman–Crippen LogP) is 2.98. The zero-order chi connectivity index (χ0) is 15.1. The molecule has 2 rings (SSSR count). The fourth-order valence-corrected chi connectivity index (χ4v) is 2.40. The lowest BCUT2D eigenvalue weighted by atomic mass is 10.2. The van der Waals surface area contributed by atoms with Crippen LogP contribution in [0, 0.1) is 12.3 Å². The number of carbonyl (C=O) groups is 1. The normalized spacial score (nSPS) is 10.1. The molecule has 1 aromatic carbocycles. The van der Waals surface area contributed by atoms with Gasteiger partial charge < -0.3 is 9.73 Å². The van der Waals surface area contributed by atoms with Gasteiger partial charge in [-0.1, -0.05) is 17.5 Å². The van der Waals surface area contributed by atoms with Gasteiger partial charge in [0.1, 0.15) is 6.26 Å². The first-order valence-corrected chi connectivity index (χ1v) is 7.70. The van der Waals surface area contributed by atoms with Gasteiger partial charge in [0.25, 0.3) is 0 Å². The monoisotopic (exact) mass is 320 g/mol. The van der Waals surface area contributed by atoms with Crippen molar-refractivity contribution in [2.24, 2.45) is 0 Å². The van der Waals surface area contributed by atoms with Crippen molar-refractivity contribution in [1.82, 2.24) is 10.3 Å². The Morgan fingerprint density at radius 3 is 2.90 bits per heavy atom. The first kappa shape index (κ1) is 15.5. The van der Waals surface area contributed by atoms with E-state index in [-0.39, 0.29) is 12.5 Å². The van der Waals surface area contributed by atoms with Gasteiger partial charge in [-0.25, -0.2) is 4.98 Å². The average Bonchev–Trinajstić information content (AvgIpc) is 2.95. The summed E-state index contributed by atoms with van der Waals surface area (Å²) < 4.78 is 5.42. The molecule has 0 spiro atoms. The molecule has 1 aromatic heterocycles.